The molecular weight excluding hydrogens is 202 g/mol. The van der Waals surface area contributed by atoms with Crippen molar-refractivity contribution in [1.82, 2.24) is 0 Å². The molecule has 0 saturated heterocycles. The summed E-state index contributed by atoms with van der Waals surface area (Å²) in [6, 6.07) is 5.92. The molecule has 1 aromatic rings. The number of nitriles is 1. The van der Waals surface area contributed by atoms with Crippen molar-refractivity contribution >= 4 is 0 Å². The highest BCUT2D eigenvalue weighted by molar-refractivity contribution is 5.52. The molecule has 0 atom stereocenters. The van der Waals surface area contributed by atoms with E-state index in [1.54, 1.807) is 14.2 Å². The predicted molar refractivity (Wildman–Crippen MR) is 63.0 cm³/mol. The van der Waals surface area contributed by atoms with Crippen LogP contribution < -0.4 is 9.47 Å². The number of hydrogen-bond acceptors (Lipinski definition) is 3. The lowest BCUT2D eigenvalue weighted by atomic mass is 9.96. The molecule has 3 heteroatoms. The zero-order valence-corrected chi connectivity index (χ0v) is 10.2. The van der Waals surface area contributed by atoms with Gasteiger partial charge in [-0.15, -0.1) is 0 Å². The maximum Gasteiger partial charge on any atom is 0.130 e. The second-order valence-electron chi connectivity index (χ2n) is 3.86. The molecule has 1 aromatic carbocycles. The number of methoxy groups -OCH3 is 2. The third-order valence-corrected chi connectivity index (χ3v) is 2.51. The van der Waals surface area contributed by atoms with Crippen molar-refractivity contribution in [1.29, 1.82) is 5.26 Å². The molecule has 0 spiro atoms. The highest BCUT2D eigenvalue weighted by Gasteiger charge is 2.17. The Balaban J connectivity index is 3.38. The van der Waals surface area contributed by atoms with Crippen LogP contribution in [-0.4, -0.2) is 14.2 Å². The predicted octanol–water partition coefficient (Wildman–Crippen LogP) is 2.89. The smallest absolute Gasteiger partial charge is 0.130 e. The van der Waals surface area contributed by atoms with Crippen molar-refractivity contribution in [3.63, 3.8) is 0 Å². The van der Waals surface area contributed by atoms with Gasteiger partial charge in [0.15, 0.2) is 0 Å². The third kappa shape index (κ3) is 2.27. The zero-order chi connectivity index (χ0) is 12.1. The van der Waals surface area contributed by atoms with Crippen LogP contribution in [0.4, 0.5) is 0 Å². The number of hydrogen-bond donors (Lipinski definition) is 0. The lowest BCUT2D eigenvalue weighted by molar-refractivity contribution is 0.379. The zero-order valence-electron chi connectivity index (χ0n) is 10.2. The molecule has 0 N–H and O–H groups in total. The van der Waals surface area contributed by atoms with Gasteiger partial charge in [0.25, 0.3) is 0 Å². The Morgan fingerprint density at radius 2 is 1.94 bits per heavy atom. The minimum absolute atomic E-state index is 0.295. The molecule has 0 saturated carbocycles. The number of benzene rings is 1. The molecule has 0 unspecified atom stereocenters. The molecule has 16 heavy (non-hydrogen) atoms. The first kappa shape index (κ1) is 12.4. The van der Waals surface area contributed by atoms with Crippen molar-refractivity contribution < 1.29 is 9.47 Å². The number of ether oxygens (including phenoxy) is 2. The van der Waals surface area contributed by atoms with E-state index in [1.807, 2.05) is 12.1 Å². The highest BCUT2D eigenvalue weighted by Crippen LogP contribution is 2.37. The van der Waals surface area contributed by atoms with Gasteiger partial charge in [-0.2, -0.15) is 5.26 Å². The Kier molecular flexibility index (Phi) is 4.19. The van der Waals surface area contributed by atoms with E-state index in [0.717, 1.165) is 22.6 Å². The molecular formula is C13H17NO2. The van der Waals surface area contributed by atoms with Crippen LogP contribution in [0.2, 0.25) is 0 Å². The SMILES string of the molecule is COc1ccc(CC#N)c(OC)c1C(C)C. The average molecular weight is 219 g/mol. The second-order valence-corrected chi connectivity index (χ2v) is 3.86. The Hall–Kier alpha value is -1.69. The highest BCUT2D eigenvalue weighted by atomic mass is 16.5. The van der Waals surface area contributed by atoms with Crippen LogP contribution in [-0.2, 0) is 6.42 Å². The molecule has 0 aliphatic heterocycles. The fourth-order valence-electron chi connectivity index (χ4n) is 1.82. The Bertz CT molecular complexity index is 405. The maximum absolute atomic E-state index is 8.76. The fraction of sp³-hybridized carbons (Fsp3) is 0.462. The van der Waals surface area contributed by atoms with Crippen molar-refractivity contribution in [3.05, 3.63) is 23.3 Å². The van der Waals surface area contributed by atoms with Crippen molar-refractivity contribution in [2.45, 2.75) is 26.2 Å². The molecule has 0 aromatic heterocycles. The van der Waals surface area contributed by atoms with Gasteiger partial charge in [0.2, 0.25) is 0 Å². The molecule has 0 aliphatic rings. The van der Waals surface area contributed by atoms with Crippen LogP contribution in [0.1, 0.15) is 30.9 Å². The van der Waals surface area contributed by atoms with E-state index in [-0.39, 0.29) is 0 Å². The lowest BCUT2D eigenvalue weighted by Crippen LogP contribution is -2.02. The second kappa shape index (κ2) is 5.41. The molecule has 0 heterocycles. The Morgan fingerprint density at radius 3 is 2.38 bits per heavy atom. The monoisotopic (exact) mass is 219 g/mol. The average Bonchev–Trinajstić information content (AvgIpc) is 2.28. The lowest BCUT2D eigenvalue weighted by Gasteiger charge is -2.18. The molecule has 3 nitrogen and oxygen atoms in total. The quantitative estimate of drug-likeness (QED) is 0.782. The minimum Gasteiger partial charge on any atom is -0.496 e. The van der Waals surface area contributed by atoms with E-state index in [9.17, 15) is 0 Å². The van der Waals surface area contributed by atoms with E-state index in [0.29, 0.717) is 12.3 Å². The molecule has 0 radical (unpaired) electrons. The van der Waals surface area contributed by atoms with Gasteiger partial charge in [0.1, 0.15) is 11.5 Å². The van der Waals surface area contributed by atoms with Crippen molar-refractivity contribution in [3.8, 4) is 17.6 Å². The molecule has 0 fully saturated rings. The van der Waals surface area contributed by atoms with Gasteiger partial charge in [0, 0.05) is 11.1 Å². The number of rotatable bonds is 4. The maximum atomic E-state index is 8.76. The third-order valence-electron chi connectivity index (χ3n) is 2.51. The van der Waals surface area contributed by atoms with Crippen molar-refractivity contribution in [2.75, 3.05) is 14.2 Å². The number of nitrogens with zero attached hydrogens (tertiary/aromatic N) is 1. The first-order valence-electron chi connectivity index (χ1n) is 5.26. The van der Waals surface area contributed by atoms with E-state index in [4.69, 9.17) is 14.7 Å². The Morgan fingerprint density at radius 1 is 1.25 bits per heavy atom. The van der Waals surface area contributed by atoms with E-state index < -0.39 is 0 Å². The summed E-state index contributed by atoms with van der Waals surface area (Å²) in [6.45, 7) is 4.16. The summed E-state index contributed by atoms with van der Waals surface area (Å²) in [4.78, 5) is 0. The van der Waals surface area contributed by atoms with E-state index >= 15 is 0 Å². The van der Waals surface area contributed by atoms with E-state index in [2.05, 4.69) is 19.9 Å². The standard InChI is InChI=1S/C13H17NO2/c1-9(2)12-11(15-3)6-5-10(7-8-14)13(12)16-4/h5-6,9H,7H2,1-4H3. The summed E-state index contributed by atoms with van der Waals surface area (Å²) in [7, 11) is 3.27. The molecule has 0 bridgehead atoms. The van der Waals surface area contributed by atoms with Crippen molar-refractivity contribution in [2.24, 2.45) is 0 Å². The van der Waals surface area contributed by atoms with Crippen LogP contribution in [0.3, 0.4) is 0 Å². The van der Waals surface area contributed by atoms with Gasteiger partial charge in [-0.05, 0) is 12.0 Å². The van der Waals surface area contributed by atoms with Gasteiger partial charge in [0.05, 0.1) is 26.7 Å². The molecule has 1 rings (SSSR count). The summed E-state index contributed by atoms with van der Waals surface area (Å²) in [5.74, 6) is 1.88. The first-order chi connectivity index (χ1) is 7.65. The summed E-state index contributed by atoms with van der Waals surface area (Å²) in [6.07, 6.45) is 0.354. The summed E-state index contributed by atoms with van der Waals surface area (Å²) in [5, 5.41) is 8.76. The summed E-state index contributed by atoms with van der Waals surface area (Å²) >= 11 is 0. The first-order valence-corrected chi connectivity index (χ1v) is 5.26. The topological polar surface area (TPSA) is 42.2 Å². The normalized spacial score (nSPS) is 10.0. The van der Waals surface area contributed by atoms with Gasteiger partial charge >= 0.3 is 0 Å². The summed E-state index contributed by atoms with van der Waals surface area (Å²) < 4.78 is 10.7. The summed E-state index contributed by atoms with van der Waals surface area (Å²) in [5.41, 5.74) is 1.94. The molecule has 0 aliphatic carbocycles. The fourth-order valence-corrected chi connectivity index (χ4v) is 1.82. The van der Waals surface area contributed by atoms with Crippen LogP contribution >= 0.6 is 0 Å². The van der Waals surface area contributed by atoms with Crippen LogP contribution in [0.25, 0.3) is 0 Å². The van der Waals surface area contributed by atoms with Crippen LogP contribution in [0, 0.1) is 11.3 Å². The molecule has 0 amide bonds. The van der Waals surface area contributed by atoms with Gasteiger partial charge < -0.3 is 9.47 Å². The molecule has 86 valence electrons. The van der Waals surface area contributed by atoms with Crippen LogP contribution in [0.15, 0.2) is 12.1 Å². The van der Waals surface area contributed by atoms with Gasteiger partial charge in [-0.3, -0.25) is 0 Å². The van der Waals surface area contributed by atoms with E-state index in [1.165, 1.54) is 0 Å². The van der Waals surface area contributed by atoms with Gasteiger partial charge in [-0.1, -0.05) is 19.9 Å². The Labute approximate surface area is 96.6 Å². The van der Waals surface area contributed by atoms with Gasteiger partial charge in [-0.25, -0.2) is 0 Å². The largest absolute Gasteiger partial charge is 0.496 e. The minimum atomic E-state index is 0.295. The van der Waals surface area contributed by atoms with Crippen LogP contribution in [0.5, 0.6) is 11.5 Å².